The number of anilines is 1. The van der Waals surface area contributed by atoms with Crippen molar-refractivity contribution in [3.8, 4) is 0 Å². The van der Waals surface area contributed by atoms with Crippen molar-refractivity contribution in [1.29, 1.82) is 0 Å². The summed E-state index contributed by atoms with van der Waals surface area (Å²) in [6, 6.07) is 14.5. The van der Waals surface area contributed by atoms with E-state index in [0.29, 0.717) is 12.1 Å². The van der Waals surface area contributed by atoms with E-state index in [4.69, 9.17) is 9.47 Å². The minimum absolute atomic E-state index is 0.191. The molecular formula is C22H24N2O6. The van der Waals surface area contributed by atoms with Crippen LogP contribution < -0.4 is 10.6 Å². The molecule has 0 aliphatic heterocycles. The molecule has 158 valence electrons. The highest BCUT2D eigenvalue weighted by atomic mass is 16.5. The van der Waals surface area contributed by atoms with Crippen LogP contribution in [0, 0.1) is 0 Å². The minimum Gasteiger partial charge on any atom is -0.452 e. The molecule has 1 atom stereocenters. The lowest BCUT2D eigenvalue weighted by Crippen LogP contribution is -2.43. The first-order valence-electron chi connectivity index (χ1n) is 9.43. The molecule has 0 bridgehead atoms. The molecule has 0 spiro atoms. The third kappa shape index (κ3) is 7.38. The zero-order chi connectivity index (χ0) is 21.9. The Kier molecular flexibility index (Phi) is 8.56. The summed E-state index contributed by atoms with van der Waals surface area (Å²) >= 11 is 0. The maximum atomic E-state index is 12.1. The average Bonchev–Trinajstić information content (AvgIpc) is 2.73. The number of rotatable bonds is 9. The van der Waals surface area contributed by atoms with Crippen molar-refractivity contribution in [2.24, 2.45) is 0 Å². The molecular weight excluding hydrogens is 388 g/mol. The molecule has 8 nitrogen and oxygen atoms in total. The lowest BCUT2D eigenvalue weighted by atomic mass is 10.0. The van der Waals surface area contributed by atoms with E-state index in [-0.39, 0.29) is 18.0 Å². The Morgan fingerprint density at radius 1 is 0.933 bits per heavy atom. The predicted molar refractivity (Wildman–Crippen MR) is 110 cm³/mol. The van der Waals surface area contributed by atoms with E-state index in [1.54, 1.807) is 6.92 Å². The van der Waals surface area contributed by atoms with E-state index < -0.39 is 30.6 Å². The van der Waals surface area contributed by atoms with E-state index in [2.05, 4.69) is 10.6 Å². The fourth-order valence-corrected chi connectivity index (χ4v) is 2.57. The normalized spacial score (nSPS) is 11.1. The highest BCUT2D eigenvalue weighted by Crippen LogP contribution is 2.11. The van der Waals surface area contributed by atoms with Gasteiger partial charge in [-0.25, -0.2) is 9.59 Å². The monoisotopic (exact) mass is 412 g/mol. The predicted octanol–water partition coefficient (Wildman–Crippen LogP) is 2.73. The van der Waals surface area contributed by atoms with Crippen molar-refractivity contribution in [2.45, 2.75) is 26.3 Å². The number of hydrogen-bond donors (Lipinski definition) is 2. The number of benzene rings is 2. The van der Waals surface area contributed by atoms with Gasteiger partial charge >= 0.3 is 12.1 Å². The molecule has 2 N–H and O–H groups in total. The summed E-state index contributed by atoms with van der Waals surface area (Å²) in [5.74, 6) is -1.46. The topological polar surface area (TPSA) is 111 Å². The summed E-state index contributed by atoms with van der Waals surface area (Å²) in [5.41, 5.74) is 1.57. The van der Waals surface area contributed by atoms with E-state index in [1.165, 1.54) is 31.2 Å². The van der Waals surface area contributed by atoms with Gasteiger partial charge in [-0.2, -0.15) is 0 Å². The summed E-state index contributed by atoms with van der Waals surface area (Å²) in [5, 5.41) is 5.09. The number of amides is 2. The smallest absolute Gasteiger partial charge is 0.411 e. The second kappa shape index (κ2) is 11.4. The Morgan fingerprint density at radius 2 is 1.60 bits per heavy atom. The van der Waals surface area contributed by atoms with Crippen LogP contribution in [-0.2, 0) is 25.5 Å². The van der Waals surface area contributed by atoms with Gasteiger partial charge in [0, 0.05) is 5.69 Å². The molecule has 0 radical (unpaired) electrons. The molecule has 30 heavy (non-hydrogen) atoms. The third-order valence-electron chi connectivity index (χ3n) is 4.09. The standard InChI is InChI=1S/C22H24N2O6/c1-3-29-22(28)23-18-11-9-17(10-12-18)21(27)30-14-20(26)24-19(15(2)25)13-16-7-5-4-6-8-16/h4-12,19H,3,13-14H2,1-2H3,(H,23,28)(H,24,26). The Bertz CT molecular complexity index is 880. The summed E-state index contributed by atoms with van der Waals surface area (Å²) < 4.78 is 9.77. The van der Waals surface area contributed by atoms with Gasteiger partial charge in [0.25, 0.3) is 5.91 Å². The van der Waals surface area contributed by atoms with Gasteiger partial charge in [0.15, 0.2) is 12.4 Å². The molecule has 2 aromatic carbocycles. The van der Waals surface area contributed by atoms with Crippen molar-refractivity contribution < 1.29 is 28.7 Å². The van der Waals surface area contributed by atoms with Crippen LogP contribution in [0.5, 0.6) is 0 Å². The number of hydrogen-bond acceptors (Lipinski definition) is 6. The van der Waals surface area contributed by atoms with E-state index in [9.17, 15) is 19.2 Å². The highest BCUT2D eigenvalue weighted by molar-refractivity contribution is 5.93. The quantitative estimate of drug-likeness (QED) is 0.613. The van der Waals surface area contributed by atoms with Crippen LogP contribution >= 0.6 is 0 Å². The molecule has 2 aromatic rings. The lowest BCUT2D eigenvalue weighted by molar-refractivity contribution is -0.128. The number of ketones is 1. The summed E-state index contributed by atoms with van der Waals surface area (Å²) in [6.45, 7) is 2.81. The van der Waals surface area contributed by atoms with Gasteiger partial charge in [-0.15, -0.1) is 0 Å². The van der Waals surface area contributed by atoms with Gasteiger partial charge in [0.05, 0.1) is 18.2 Å². The molecule has 0 heterocycles. The number of Topliss-reactive ketones (excluding diaryl/α,β-unsaturated/α-hetero) is 1. The second-order valence-corrected chi connectivity index (χ2v) is 6.42. The second-order valence-electron chi connectivity index (χ2n) is 6.42. The van der Waals surface area contributed by atoms with E-state index in [0.717, 1.165) is 5.56 Å². The van der Waals surface area contributed by atoms with Crippen LogP contribution in [0.4, 0.5) is 10.5 Å². The number of ether oxygens (including phenoxy) is 2. The summed E-state index contributed by atoms with van der Waals surface area (Å²) in [7, 11) is 0. The molecule has 8 heteroatoms. The Balaban J connectivity index is 1.84. The largest absolute Gasteiger partial charge is 0.452 e. The van der Waals surface area contributed by atoms with Gasteiger partial charge in [0.2, 0.25) is 0 Å². The molecule has 0 aromatic heterocycles. The highest BCUT2D eigenvalue weighted by Gasteiger charge is 2.19. The van der Waals surface area contributed by atoms with Gasteiger partial charge in [-0.1, -0.05) is 30.3 Å². The molecule has 1 unspecified atom stereocenters. The molecule has 2 rings (SSSR count). The van der Waals surface area contributed by atoms with Crippen molar-refractivity contribution in [2.75, 3.05) is 18.5 Å². The first kappa shape index (κ1) is 22.6. The summed E-state index contributed by atoms with van der Waals surface area (Å²) in [6.07, 6.45) is -0.245. The van der Waals surface area contributed by atoms with E-state index in [1.807, 2.05) is 30.3 Å². The average molecular weight is 412 g/mol. The Labute approximate surface area is 174 Å². The molecule has 2 amide bonds. The number of nitrogens with one attached hydrogen (secondary N) is 2. The van der Waals surface area contributed by atoms with Crippen LogP contribution in [-0.4, -0.2) is 43.0 Å². The van der Waals surface area contributed by atoms with Gasteiger partial charge < -0.3 is 14.8 Å². The maximum absolute atomic E-state index is 12.1. The van der Waals surface area contributed by atoms with Crippen molar-refractivity contribution >= 4 is 29.4 Å². The van der Waals surface area contributed by atoms with Crippen molar-refractivity contribution in [3.05, 3.63) is 65.7 Å². The number of esters is 1. The number of carbonyl (C=O) groups excluding carboxylic acids is 4. The molecule has 0 saturated heterocycles. The zero-order valence-electron chi connectivity index (χ0n) is 16.8. The molecule has 0 saturated carbocycles. The third-order valence-corrected chi connectivity index (χ3v) is 4.09. The fraction of sp³-hybridized carbons (Fsp3) is 0.273. The van der Waals surface area contributed by atoms with E-state index >= 15 is 0 Å². The number of carbonyl (C=O) groups is 4. The Morgan fingerprint density at radius 3 is 2.20 bits per heavy atom. The minimum atomic E-state index is -0.702. The van der Waals surface area contributed by atoms with Crippen molar-refractivity contribution in [1.82, 2.24) is 5.32 Å². The van der Waals surface area contributed by atoms with Gasteiger partial charge in [-0.3, -0.25) is 14.9 Å². The molecule has 0 fully saturated rings. The van der Waals surface area contributed by atoms with Crippen molar-refractivity contribution in [3.63, 3.8) is 0 Å². The van der Waals surface area contributed by atoms with Gasteiger partial charge in [-0.05, 0) is 50.1 Å². The van der Waals surface area contributed by atoms with Crippen LogP contribution in [0.3, 0.4) is 0 Å². The van der Waals surface area contributed by atoms with Crippen LogP contribution in [0.1, 0.15) is 29.8 Å². The van der Waals surface area contributed by atoms with Crippen LogP contribution in [0.25, 0.3) is 0 Å². The first-order chi connectivity index (χ1) is 14.4. The fourth-order valence-electron chi connectivity index (χ4n) is 2.57. The Hall–Kier alpha value is -3.68. The molecule has 0 aliphatic rings. The van der Waals surface area contributed by atoms with Gasteiger partial charge in [0.1, 0.15) is 0 Å². The van der Waals surface area contributed by atoms with Crippen LogP contribution in [0.15, 0.2) is 54.6 Å². The lowest BCUT2D eigenvalue weighted by Gasteiger charge is -2.16. The van der Waals surface area contributed by atoms with Crippen LogP contribution in [0.2, 0.25) is 0 Å². The SMILES string of the molecule is CCOC(=O)Nc1ccc(C(=O)OCC(=O)NC(Cc2ccccc2)C(C)=O)cc1. The maximum Gasteiger partial charge on any atom is 0.411 e. The molecule has 0 aliphatic carbocycles. The zero-order valence-corrected chi connectivity index (χ0v) is 16.8. The summed E-state index contributed by atoms with van der Waals surface area (Å²) in [4.78, 5) is 47.4. The first-order valence-corrected chi connectivity index (χ1v) is 9.43.